The molecule has 33 heavy (non-hydrogen) atoms. The van der Waals surface area contributed by atoms with Crippen LogP contribution < -0.4 is 4.74 Å². The summed E-state index contributed by atoms with van der Waals surface area (Å²) >= 11 is 3.36. The summed E-state index contributed by atoms with van der Waals surface area (Å²) in [6.07, 6.45) is -1.59. The minimum absolute atomic E-state index is 0.126. The molecule has 3 aliphatic rings. The van der Waals surface area contributed by atoms with E-state index in [1.54, 1.807) is 18.2 Å². The predicted molar refractivity (Wildman–Crippen MR) is 111 cm³/mol. The lowest BCUT2D eigenvalue weighted by Crippen LogP contribution is -2.53. The number of thioether (sulfide) groups is 1. The highest BCUT2D eigenvalue weighted by molar-refractivity contribution is 14.1. The molecule has 0 aromatic heterocycles. The molecule has 1 aromatic rings. The molecule has 0 N–H and O–H groups in total. The van der Waals surface area contributed by atoms with Crippen LogP contribution in [0.15, 0.2) is 18.2 Å². The monoisotopic (exact) mass is 625 g/mol. The lowest BCUT2D eigenvalue weighted by molar-refractivity contribution is -0.180. The maximum Gasteiger partial charge on any atom is 0.396 e. The molecule has 2 saturated heterocycles. The van der Waals surface area contributed by atoms with E-state index in [9.17, 15) is 40.1 Å². The smallest absolute Gasteiger partial charge is 0.396 e. The number of ether oxygens (including phenoxy) is 3. The molecular formula is C18H14F4IO8S2-. The van der Waals surface area contributed by atoms with Gasteiger partial charge in [-0.15, -0.1) is 11.8 Å². The van der Waals surface area contributed by atoms with Crippen molar-refractivity contribution >= 4 is 56.4 Å². The van der Waals surface area contributed by atoms with E-state index in [2.05, 4.69) is 27.3 Å². The zero-order chi connectivity index (χ0) is 24.4. The normalized spacial score (nSPS) is 28.9. The molecule has 0 radical (unpaired) electrons. The van der Waals surface area contributed by atoms with Crippen molar-refractivity contribution in [3.8, 4) is 5.75 Å². The topological polar surface area (TPSA) is 119 Å². The maximum atomic E-state index is 13.5. The molecule has 2 bridgehead atoms. The summed E-state index contributed by atoms with van der Waals surface area (Å²) in [4.78, 5) is 24.8. The van der Waals surface area contributed by atoms with Crippen LogP contribution in [-0.2, 0) is 24.4 Å². The third-order valence-corrected chi connectivity index (χ3v) is 8.97. The first-order valence-electron chi connectivity index (χ1n) is 9.42. The maximum absolute atomic E-state index is 13.5. The zero-order valence-corrected chi connectivity index (χ0v) is 20.1. The molecule has 0 aliphatic carbocycles. The number of hydrogen-bond donors (Lipinski definition) is 0. The van der Waals surface area contributed by atoms with E-state index in [-0.39, 0.29) is 18.4 Å². The first-order chi connectivity index (χ1) is 15.2. The molecule has 182 valence electrons. The summed E-state index contributed by atoms with van der Waals surface area (Å²) in [6.45, 7) is -1.21. The number of alkyl halides is 4. The van der Waals surface area contributed by atoms with E-state index in [0.29, 0.717) is 5.75 Å². The van der Waals surface area contributed by atoms with Gasteiger partial charge in [0.15, 0.2) is 10.1 Å². The van der Waals surface area contributed by atoms with Gasteiger partial charge in [-0.1, -0.05) is 0 Å². The van der Waals surface area contributed by atoms with Crippen molar-refractivity contribution in [3.63, 3.8) is 0 Å². The molecule has 0 saturated carbocycles. The molecule has 4 atom stereocenters. The fourth-order valence-corrected chi connectivity index (χ4v) is 6.79. The van der Waals surface area contributed by atoms with E-state index in [0.717, 1.165) is 3.57 Å². The van der Waals surface area contributed by atoms with Gasteiger partial charge < -0.3 is 18.8 Å². The molecular weight excluding hydrogens is 611 g/mol. The fraction of sp³-hybridized carbons (Fsp3) is 0.556. The molecule has 4 unspecified atom stereocenters. The number of halogens is 5. The Morgan fingerprint density at radius 1 is 1.30 bits per heavy atom. The highest BCUT2D eigenvalue weighted by Crippen LogP contribution is 2.58. The first kappa shape index (κ1) is 24.8. The van der Waals surface area contributed by atoms with E-state index in [4.69, 9.17) is 9.47 Å². The van der Waals surface area contributed by atoms with E-state index >= 15 is 0 Å². The fourth-order valence-electron chi connectivity index (χ4n) is 3.98. The van der Waals surface area contributed by atoms with Gasteiger partial charge in [0.05, 0.1) is 24.2 Å². The van der Waals surface area contributed by atoms with Gasteiger partial charge in [-0.25, -0.2) is 13.2 Å². The highest BCUT2D eigenvalue weighted by atomic mass is 127. The Labute approximate surface area is 202 Å². The van der Waals surface area contributed by atoms with Gasteiger partial charge in [0.2, 0.25) is 0 Å². The van der Waals surface area contributed by atoms with Crippen LogP contribution in [-0.4, -0.2) is 59.0 Å². The molecule has 15 heteroatoms. The Bertz CT molecular complexity index is 1110. The van der Waals surface area contributed by atoms with Crippen molar-refractivity contribution in [2.24, 2.45) is 5.92 Å². The summed E-state index contributed by atoms with van der Waals surface area (Å²) in [5.74, 6) is -8.46. The molecule has 1 aromatic carbocycles. The van der Waals surface area contributed by atoms with Gasteiger partial charge in [0.25, 0.3) is 5.79 Å². The van der Waals surface area contributed by atoms with Crippen molar-refractivity contribution in [2.45, 2.75) is 46.7 Å². The van der Waals surface area contributed by atoms with Gasteiger partial charge in [0.1, 0.15) is 11.3 Å². The van der Waals surface area contributed by atoms with Crippen LogP contribution in [0.25, 0.3) is 0 Å². The summed E-state index contributed by atoms with van der Waals surface area (Å²) in [6, 6.07) is 4.97. The Balaban J connectivity index is 1.37. The van der Waals surface area contributed by atoms with Crippen molar-refractivity contribution in [2.75, 3.05) is 6.61 Å². The molecule has 8 nitrogen and oxygen atoms in total. The lowest BCUT2D eigenvalue weighted by atomic mass is 9.84. The number of fused-ring (bicyclic) bond motifs is 4. The van der Waals surface area contributed by atoms with Crippen LogP contribution in [0, 0.1) is 9.49 Å². The van der Waals surface area contributed by atoms with Crippen LogP contribution in [0.1, 0.15) is 29.6 Å². The lowest BCUT2D eigenvalue weighted by Gasteiger charge is -2.40. The predicted octanol–water partition coefficient (Wildman–Crippen LogP) is 3.14. The van der Waals surface area contributed by atoms with Crippen molar-refractivity contribution in [1.82, 2.24) is 0 Å². The Hall–Kier alpha value is -1.33. The largest absolute Gasteiger partial charge is 0.743 e. The minimum Gasteiger partial charge on any atom is -0.743 e. The molecule has 2 fully saturated rings. The van der Waals surface area contributed by atoms with E-state index < -0.39 is 68.5 Å². The van der Waals surface area contributed by atoms with Gasteiger partial charge in [0, 0.05) is 15.2 Å². The Morgan fingerprint density at radius 3 is 2.61 bits per heavy atom. The first-order valence-corrected chi connectivity index (χ1v) is 12.8. The molecule has 3 heterocycles. The number of hydrogen-bond acceptors (Lipinski definition) is 9. The van der Waals surface area contributed by atoms with Gasteiger partial charge >= 0.3 is 23.1 Å². The zero-order valence-electron chi connectivity index (χ0n) is 16.3. The number of esters is 2. The van der Waals surface area contributed by atoms with Crippen molar-refractivity contribution < 1.29 is 54.3 Å². The number of rotatable bonds is 6. The molecule has 0 amide bonds. The summed E-state index contributed by atoms with van der Waals surface area (Å²) < 4.78 is 102. The van der Waals surface area contributed by atoms with Crippen LogP contribution in [0.4, 0.5) is 17.6 Å². The Morgan fingerprint density at radius 2 is 2.00 bits per heavy atom. The van der Waals surface area contributed by atoms with Crippen LogP contribution >= 0.6 is 34.4 Å². The molecule has 3 aliphatic heterocycles. The highest BCUT2D eigenvalue weighted by Gasteiger charge is 2.64. The Kier molecular flexibility index (Phi) is 6.10. The quantitative estimate of drug-likeness (QED) is 0.203. The van der Waals surface area contributed by atoms with Crippen LogP contribution in [0.2, 0.25) is 0 Å². The molecule has 4 rings (SSSR count). The van der Waals surface area contributed by atoms with Crippen molar-refractivity contribution in [3.05, 3.63) is 27.3 Å². The SMILES string of the molecule is O=C1OC2(CC3SC2CC3C(=O)OCCC(F)(F)C(F)(F)S(=O)(=O)[O-])Oc2cc(I)ccc21. The standard InChI is InChI=1S/C18H15F4IO8S2/c19-17(20,18(21,22)33(26,27)28)3-4-29-14(24)10-6-13-16(7-12(10)32-13)30-11-5-8(23)1-2-9(11)15(25)31-16/h1-2,5,10,12-13H,3-4,6-7H2,(H,26,27,28)/p-1. The number of carbonyl (C=O) groups excluding carboxylic acids is 2. The van der Waals surface area contributed by atoms with E-state index in [1.807, 2.05) is 0 Å². The second-order valence-electron chi connectivity index (χ2n) is 7.75. The average molecular weight is 625 g/mol. The van der Waals surface area contributed by atoms with Gasteiger partial charge in [-0.05, 0) is 47.2 Å². The number of benzene rings is 1. The summed E-state index contributed by atoms with van der Waals surface area (Å²) in [7, 11) is -6.61. The van der Waals surface area contributed by atoms with E-state index in [1.165, 1.54) is 11.8 Å². The minimum atomic E-state index is -6.61. The third kappa shape index (κ3) is 4.18. The second-order valence-corrected chi connectivity index (χ2v) is 11.9. The van der Waals surface area contributed by atoms with Gasteiger partial charge in [-0.2, -0.15) is 17.6 Å². The van der Waals surface area contributed by atoms with Crippen molar-refractivity contribution in [1.29, 1.82) is 0 Å². The van der Waals surface area contributed by atoms with Crippen LogP contribution in [0.3, 0.4) is 0 Å². The molecule has 1 spiro atoms. The average Bonchev–Trinajstić information content (AvgIpc) is 3.24. The number of carbonyl (C=O) groups is 2. The second kappa shape index (κ2) is 8.12. The third-order valence-electron chi connectivity index (χ3n) is 5.65. The van der Waals surface area contributed by atoms with Gasteiger partial charge in [-0.3, -0.25) is 4.79 Å². The summed E-state index contributed by atoms with van der Waals surface area (Å²) in [5.41, 5.74) is 0.266. The van der Waals surface area contributed by atoms with Crippen LogP contribution in [0.5, 0.6) is 5.75 Å². The summed E-state index contributed by atoms with van der Waals surface area (Å²) in [5, 5.41) is -6.73.